The van der Waals surface area contributed by atoms with E-state index in [9.17, 15) is 9.90 Å². The molecule has 3 N–H and O–H groups in total. The Morgan fingerprint density at radius 1 is 1.08 bits per heavy atom. The lowest BCUT2D eigenvalue weighted by Gasteiger charge is -2.07. The van der Waals surface area contributed by atoms with E-state index in [-0.39, 0.29) is 18.2 Å². The molecule has 0 heterocycles. The average Bonchev–Trinajstić information content (AvgIpc) is 2.63. The molecule has 3 rings (SSSR count). The summed E-state index contributed by atoms with van der Waals surface area (Å²) in [7, 11) is 0. The normalized spacial score (nSPS) is 11.0. The zero-order chi connectivity index (χ0) is 18.5. The number of anilines is 1. The highest BCUT2D eigenvalue weighted by atomic mass is 79.9. The number of nitrogens with one attached hydrogen (secondary N) is 2. The molecule has 0 bridgehead atoms. The van der Waals surface area contributed by atoms with Gasteiger partial charge in [-0.05, 0) is 51.0 Å². The maximum Gasteiger partial charge on any atom is 0.259 e. The second kappa shape index (κ2) is 8.33. The van der Waals surface area contributed by atoms with Gasteiger partial charge < -0.3 is 10.4 Å². The molecule has 26 heavy (non-hydrogen) atoms. The van der Waals surface area contributed by atoms with E-state index in [0.29, 0.717) is 10.0 Å². The van der Waals surface area contributed by atoms with Crippen LogP contribution in [0.2, 0.25) is 0 Å². The van der Waals surface area contributed by atoms with Crippen LogP contribution in [0.4, 0.5) is 5.69 Å². The number of nitrogens with zero attached hydrogens (tertiary/aromatic N) is 1. The number of rotatable bonds is 5. The summed E-state index contributed by atoms with van der Waals surface area (Å²) in [5, 5.41) is 19.1. The van der Waals surface area contributed by atoms with Gasteiger partial charge in [-0.15, -0.1) is 0 Å². The zero-order valence-corrected chi connectivity index (χ0v) is 16.7. The van der Waals surface area contributed by atoms with E-state index in [1.807, 2.05) is 42.5 Å². The lowest BCUT2D eigenvalue weighted by atomic mass is 10.1. The van der Waals surface area contributed by atoms with Gasteiger partial charge in [-0.2, -0.15) is 5.10 Å². The number of aromatic hydroxyl groups is 1. The summed E-state index contributed by atoms with van der Waals surface area (Å²) >= 11 is 6.58. The minimum atomic E-state index is -0.289. The largest absolute Gasteiger partial charge is 0.506 e. The van der Waals surface area contributed by atoms with Crippen molar-refractivity contribution < 1.29 is 9.90 Å². The Morgan fingerprint density at radius 2 is 1.85 bits per heavy atom. The van der Waals surface area contributed by atoms with Crippen molar-refractivity contribution in [2.24, 2.45) is 5.10 Å². The second-order valence-electron chi connectivity index (χ2n) is 5.53. The van der Waals surface area contributed by atoms with Crippen LogP contribution in [0.15, 0.2) is 68.6 Å². The Morgan fingerprint density at radius 3 is 2.65 bits per heavy atom. The highest BCUT2D eigenvalue weighted by molar-refractivity contribution is 9.11. The molecule has 1 amide bonds. The molecule has 0 spiro atoms. The molecule has 132 valence electrons. The topological polar surface area (TPSA) is 73.7 Å². The lowest BCUT2D eigenvalue weighted by Crippen LogP contribution is -2.25. The van der Waals surface area contributed by atoms with Crippen LogP contribution in [0.3, 0.4) is 0 Å². The Hall–Kier alpha value is -2.38. The first-order valence-corrected chi connectivity index (χ1v) is 9.34. The van der Waals surface area contributed by atoms with Gasteiger partial charge in [-0.25, -0.2) is 5.43 Å². The maximum atomic E-state index is 11.9. The van der Waals surface area contributed by atoms with E-state index in [1.165, 1.54) is 6.21 Å². The zero-order valence-electron chi connectivity index (χ0n) is 13.5. The third kappa shape index (κ3) is 4.62. The SMILES string of the molecule is O=C(CNc1ccc2ccccc2c1)NN=Cc1cc(Br)cc(Br)c1O. The lowest BCUT2D eigenvalue weighted by molar-refractivity contribution is -0.119. The highest BCUT2D eigenvalue weighted by Gasteiger charge is 2.06. The number of hydrogen-bond donors (Lipinski definition) is 3. The van der Waals surface area contributed by atoms with Gasteiger partial charge in [-0.1, -0.05) is 46.3 Å². The molecule has 0 radical (unpaired) electrons. The standard InChI is InChI=1S/C19H15Br2N3O2/c20-15-7-14(19(26)17(21)9-15)10-23-24-18(25)11-22-16-6-5-12-3-1-2-4-13(12)8-16/h1-10,22,26H,11H2,(H,24,25). The van der Waals surface area contributed by atoms with Crippen LogP contribution in [0.5, 0.6) is 5.75 Å². The van der Waals surface area contributed by atoms with Crippen molar-refractivity contribution in [1.29, 1.82) is 0 Å². The molecule has 0 aliphatic rings. The van der Waals surface area contributed by atoms with Crippen LogP contribution in [0, 0.1) is 0 Å². The van der Waals surface area contributed by atoms with Crippen LogP contribution < -0.4 is 10.7 Å². The van der Waals surface area contributed by atoms with E-state index >= 15 is 0 Å². The summed E-state index contributed by atoms with van der Waals surface area (Å²) in [6.07, 6.45) is 1.39. The Bertz CT molecular complexity index is 990. The van der Waals surface area contributed by atoms with Crippen molar-refractivity contribution in [2.45, 2.75) is 0 Å². The number of phenols is 1. The Labute approximate surface area is 167 Å². The van der Waals surface area contributed by atoms with E-state index < -0.39 is 0 Å². The first kappa shape index (κ1) is 18.4. The van der Waals surface area contributed by atoms with Crippen LogP contribution in [0.1, 0.15) is 5.56 Å². The molecule has 0 aliphatic carbocycles. The third-order valence-corrected chi connectivity index (χ3v) is 4.72. The molecule has 0 fully saturated rings. The van der Waals surface area contributed by atoms with E-state index in [0.717, 1.165) is 20.9 Å². The van der Waals surface area contributed by atoms with Gasteiger partial charge in [0.05, 0.1) is 17.2 Å². The predicted molar refractivity (Wildman–Crippen MR) is 112 cm³/mol. The summed E-state index contributed by atoms with van der Waals surface area (Å²) in [5.41, 5.74) is 3.77. The number of phenolic OH excluding ortho intramolecular Hbond substituents is 1. The van der Waals surface area contributed by atoms with Gasteiger partial charge in [0, 0.05) is 15.7 Å². The molecule has 0 saturated heterocycles. The summed E-state index contributed by atoms with van der Waals surface area (Å²) in [6, 6.07) is 17.4. The highest BCUT2D eigenvalue weighted by Crippen LogP contribution is 2.30. The first-order valence-electron chi connectivity index (χ1n) is 7.75. The van der Waals surface area contributed by atoms with E-state index in [2.05, 4.69) is 47.7 Å². The fourth-order valence-corrected chi connectivity index (χ4v) is 3.64. The van der Waals surface area contributed by atoms with Crippen LogP contribution in [0.25, 0.3) is 10.8 Å². The minimum absolute atomic E-state index is 0.0560. The van der Waals surface area contributed by atoms with Crippen LogP contribution in [-0.4, -0.2) is 23.8 Å². The van der Waals surface area contributed by atoms with Gasteiger partial charge in [0.1, 0.15) is 5.75 Å². The fourth-order valence-electron chi connectivity index (χ4n) is 2.38. The van der Waals surface area contributed by atoms with Crippen molar-refractivity contribution >= 4 is 60.4 Å². The molecule has 0 atom stereocenters. The molecular weight excluding hydrogens is 462 g/mol. The number of hydrazone groups is 1. The molecule has 3 aromatic rings. The van der Waals surface area contributed by atoms with Crippen LogP contribution in [-0.2, 0) is 4.79 Å². The number of carbonyl (C=O) groups excluding carboxylic acids is 1. The minimum Gasteiger partial charge on any atom is -0.506 e. The van der Waals surface area contributed by atoms with Crippen molar-refractivity contribution in [3.8, 4) is 5.75 Å². The Kier molecular flexibility index (Phi) is 5.90. The monoisotopic (exact) mass is 475 g/mol. The first-order chi connectivity index (χ1) is 12.5. The molecule has 0 saturated carbocycles. The molecule has 0 unspecified atom stereocenters. The summed E-state index contributed by atoms with van der Waals surface area (Å²) in [6.45, 7) is 0.0871. The van der Waals surface area contributed by atoms with Crippen LogP contribution >= 0.6 is 31.9 Å². The van der Waals surface area contributed by atoms with Crippen molar-refractivity contribution in [1.82, 2.24) is 5.43 Å². The fraction of sp³-hybridized carbons (Fsp3) is 0.0526. The van der Waals surface area contributed by atoms with E-state index in [4.69, 9.17) is 0 Å². The van der Waals surface area contributed by atoms with Gasteiger partial charge in [0.25, 0.3) is 5.91 Å². The number of fused-ring (bicyclic) bond motifs is 1. The summed E-state index contributed by atoms with van der Waals surface area (Å²) < 4.78 is 1.32. The summed E-state index contributed by atoms with van der Waals surface area (Å²) in [5.74, 6) is -0.233. The molecule has 0 aromatic heterocycles. The summed E-state index contributed by atoms with van der Waals surface area (Å²) in [4.78, 5) is 11.9. The number of benzene rings is 3. The van der Waals surface area contributed by atoms with Gasteiger partial charge >= 0.3 is 0 Å². The molecule has 5 nitrogen and oxygen atoms in total. The number of carbonyl (C=O) groups is 1. The second-order valence-corrected chi connectivity index (χ2v) is 7.30. The Balaban J connectivity index is 1.57. The number of halogens is 2. The van der Waals surface area contributed by atoms with Gasteiger partial charge in [0.15, 0.2) is 0 Å². The predicted octanol–water partition coefficient (Wildman–Crippen LogP) is 4.63. The molecule has 0 aliphatic heterocycles. The van der Waals surface area contributed by atoms with Gasteiger partial charge in [-0.3, -0.25) is 4.79 Å². The average molecular weight is 477 g/mol. The van der Waals surface area contributed by atoms with Crippen molar-refractivity contribution in [3.05, 3.63) is 69.1 Å². The third-order valence-electron chi connectivity index (χ3n) is 3.65. The molecule has 7 heteroatoms. The van der Waals surface area contributed by atoms with E-state index in [1.54, 1.807) is 12.1 Å². The molecular formula is C19H15Br2N3O2. The van der Waals surface area contributed by atoms with Crippen molar-refractivity contribution in [3.63, 3.8) is 0 Å². The number of amides is 1. The smallest absolute Gasteiger partial charge is 0.259 e. The van der Waals surface area contributed by atoms with Gasteiger partial charge in [0.2, 0.25) is 0 Å². The van der Waals surface area contributed by atoms with Crippen molar-refractivity contribution in [2.75, 3.05) is 11.9 Å². The molecule has 3 aromatic carbocycles. The number of hydrogen-bond acceptors (Lipinski definition) is 4. The quantitative estimate of drug-likeness (QED) is 0.371. The maximum absolute atomic E-state index is 11.9.